The third-order valence-corrected chi connectivity index (χ3v) is 3.01. The number of azide groups is 1. The average Bonchev–Trinajstić information content (AvgIpc) is 2.69. The fraction of sp³-hybridized carbons (Fsp3) is 0.455. The second-order valence-electron chi connectivity index (χ2n) is 3.89. The van der Waals surface area contributed by atoms with Gasteiger partial charge in [-0.2, -0.15) is 0 Å². The van der Waals surface area contributed by atoms with Gasteiger partial charge < -0.3 is 5.11 Å². The molecule has 1 unspecified atom stereocenters. The van der Waals surface area contributed by atoms with Gasteiger partial charge in [-0.05, 0) is 35.4 Å². The first-order valence-electron chi connectivity index (χ1n) is 5.07. The van der Waals surface area contributed by atoms with Crippen LogP contribution in [0.1, 0.15) is 11.1 Å². The summed E-state index contributed by atoms with van der Waals surface area (Å²) in [5.41, 5.74) is 11.0. The van der Waals surface area contributed by atoms with E-state index in [1.54, 1.807) is 0 Å². The predicted molar refractivity (Wildman–Crippen MR) is 57.4 cm³/mol. The maximum atomic E-state index is 9.13. The SMILES string of the molecule is [N-]=[N+]=NC(CO)C1Cc2ccccc2C1. The molecule has 15 heavy (non-hydrogen) atoms. The largest absolute Gasteiger partial charge is 0.396 e. The van der Waals surface area contributed by atoms with Crippen molar-refractivity contribution in [1.29, 1.82) is 0 Å². The highest BCUT2D eigenvalue weighted by Crippen LogP contribution is 2.29. The predicted octanol–water partition coefficient (Wildman–Crippen LogP) is 2.07. The van der Waals surface area contributed by atoms with Gasteiger partial charge in [-0.15, -0.1) is 0 Å². The van der Waals surface area contributed by atoms with Gasteiger partial charge in [0.2, 0.25) is 0 Å². The zero-order valence-corrected chi connectivity index (χ0v) is 8.37. The van der Waals surface area contributed by atoms with E-state index in [4.69, 9.17) is 10.6 Å². The average molecular weight is 203 g/mol. The molecule has 0 spiro atoms. The topological polar surface area (TPSA) is 69.0 Å². The Morgan fingerprint density at radius 1 is 1.40 bits per heavy atom. The van der Waals surface area contributed by atoms with Crippen LogP contribution in [-0.4, -0.2) is 17.8 Å². The number of benzene rings is 1. The first kappa shape index (κ1) is 10.0. The molecular formula is C11H13N3O. The highest BCUT2D eigenvalue weighted by atomic mass is 16.3. The summed E-state index contributed by atoms with van der Waals surface area (Å²) in [5.74, 6) is 0.253. The van der Waals surface area contributed by atoms with Gasteiger partial charge in [0.1, 0.15) is 0 Å². The Kier molecular flexibility index (Phi) is 2.90. The second-order valence-corrected chi connectivity index (χ2v) is 3.89. The van der Waals surface area contributed by atoms with Crippen LogP contribution >= 0.6 is 0 Å². The van der Waals surface area contributed by atoms with Crippen LogP contribution in [0.15, 0.2) is 29.4 Å². The monoisotopic (exact) mass is 203 g/mol. The molecule has 0 aliphatic heterocycles. The third kappa shape index (κ3) is 1.96. The maximum absolute atomic E-state index is 9.13. The van der Waals surface area contributed by atoms with Gasteiger partial charge in [-0.3, -0.25) is 0 Å². The fourth-order valence-corrected chi connectivity index (χ4v) is 2.21. The third-order valence-electron chi connectivity index (χ3n) is 3.01. The minimum absolute atomic E-state index is 0.0668. The number of rotatable bonds is 3. The zero-order chi connectivity index (χ0) is 10.7. The highest BCUT2D eigenvalue weighted by molar-refractivity contribution is 5.32. The molecule has 4 heteroatoms. The Hall–Kier alpha value is -1.51. The molecule has 0 fully saturated rings. The van der Waals surface area contributed by atoms with Gasteiger partial charge >= 0.3 is 0 Å². The molecule has 0 heterocycles. The van der Waals surface area contributed by atoms with Gasteiger partial charge in [-0.25, -0.2) is 0 Å². The number of nitrogens with zero attached hydrogens (tertiary/aromatic N) is 3. The van der Waals surface area contributed by atoms with Crippen molar-refractivity contribution in [3.05, 3.63) is 45.8 Å². The van der Waals surface area contributed by atoms with Gasteiger partial charge in [0, 0.05) is 4.91 Å². The smallest absolute Gasteiger partial charge is 0.0639 e. The summed E-state index contributed by atoms with van der Waals surface area (Å²) in [6.07, 6.45) is 1.81. The second kappa shape index (κ2) is 4.34. The summed E-state index contributed by atoms with van der Waals surface area (Å²) in [6, 6.07) is 7.94. The Morgan fingerprint density at radius 3 is 2.47 bits per heavy atom. The summed E-state index contributed by atoms with van der Waals surface area (Å²) in [4.78, 5) is 2.78. The van der Waals surface area contributed by atoms with Crippen molar-refractivity contribution in [2.24, 2.45) is 11.0 Å². The molecule has 1 N–H and O–H groups in total. The van der Waals surface area contributed by atoms with Crippen molar-refractivity contribution < 1.29 is 5.11 Å². The summed E-state index contributed by atoms with van der Waals surface area (Å²) < 4.78 is 0. The van der Waals surface area contributed by atoms with Gasteiger partial charge in [0.15, 0.2) is 0 Å². The molecule has 0 bridgehead atoms. The molecule has 0 radical (unpaired) electrons. The van der Waals surface area contributed by atoms with Crippen LogP contribution in [0.3, 0.4) is 0 Å². The Balaban J connectivity index is 2.15. The summed E-state index contributed by atoms with van der Waals surface area (Å²) in [7, 11) is 0. The van der Waals surface area contributed by atoms with Crippen LogP contribution in [-0.2, 0) is 12.8 Å². The minimum Gasteiger partial charge on any atom is -0.396 e. The molecule has 1 aliphatic rings. The van der Waals surface area contributed by atoms with E-state index in [0.717, 1.165) is 12.8 Å². The molecule has 0 amide bonds. The maximum Gasteiger partial charge on any atom is 0.0639 e. The van der Waals surface area contributed by atoms with Gasteiger partial charge in [0.25, 0.3) is 0 Å². The normalized spacial score (nSPS) is 16.9. The minimum atomic E-state index is -0.289. The molecule has 0 aromatic heterocycles. The van der Waals surface area contributed by atoms with Crippen molar-refractivity contribution in [3.63, 3.8) is 0 Å². The molecule has 0 saturated carbocycles. The number of aliphatic hydroxyl groups excluding tert-OH is 1. The highest BCUT2D eigenvalue weighted by Gasteiger charge is 2.27. The van der Waals surface area contributed by atoms with Crippen LogP contribution in [0.2, 0.25) is 0 Å². The van der Waals surface area contributed by atoms with E-state index in [1.807, 2.05) is 12.1 Å². The Bertz CT molecular complexity index is 374. The van der Waals surface area contributed by atoms with E-state index >= 15 is 0 Å². The standard InChI is InChI=1S/C11H13N3O/c12-14-13-11(7-15)10-5-8-3-1-2-4-9(8)6-10/h1-4,10-11,15H,5-7H2. The molecule has 78 valence electrons. The summed E-state index contributed by atoms with van der Waals surface area (Å²) in [6.45, 7) is -0.0668. The van der Waals surface area contributed by atoms with Crippen molar-refractivity contribution in [3.8, 4) is 0 Å². The lowest BCUT2D eigenvalue weighted by Gasteiger charge is -2.14. The molecule has 1 aliphatic carbocycles. The lowest BCUT2D eigenvalue weighted by molar-refractivity contribution is 0.229. The van der Waals surface area contributed by atoms with Crippen LogP contribution in [0.5, 0.6) is 0 Å². The summed E-state index contributed by atoms with van der Waals surface area (Å²) >= 11 is 0. The lowest BCUT2D eigenvalue weighted by atomic mass is 9.98. The fourth-order valence-electron chi connectivity index (χ4n) is 2.21. The number of hydrogen-bond acceptors (Lipinski definition) is 2. The van der Waals surface area contributed by atoms with Gasteiger partial charge in [-0.1, -0.05) is 29.4 Å². The van der Waals surface area contributed by atoms with Crippen molar-refractivity contribution in [2.75, 3.05) is 6.61 Å². The molecular weight excluding hydrogens is 190 g/mol. The summed E-state index contributed by atoms with van der Waals surface area (Å²) in [5, 5.41) is 12.8. The number of aliphatic hydroxyl groups is 1. The van der Waals surface area contributed by atoms with Crippen molar-refractivity contribution in [2.45, 2.75) is 18.9 Å². The van der Waals surface area contributed by atoms with Crippen molar-refractivity contribution in [1.82, 2.24) is 0 Å². The van der Waals surface area contributed by atoms with Crippen LogP contribution in [0.4, 0.5) is 0 Å². The Labute approximate surface area is 88.2 Å². The molecule has 4 nitrogen and oxygen atoms in total. The van der Waals surface area contributed by atoms with E-state index in [2.05, 4.69) is 22.2 Å². The van der Waals surface area contributed by atoms with Crippen LogP contribution in [0, 0.1) is 5.92 Å². The number of hydrogen-bond donors (Lipinski definition) is 1. The van der Waals surface area contributed by atoms with Crippen molar-refractivity contribution >= 4 is 0 Å². The van der Waals surface area contributed by atoms with E-state index in [1.165, 1.54) is 11.1 Å². The van der Waals surface area contributed by atoms with Crippen LogP contribution < -0.4 is 0 Å². The molecule has 2 rings (SSSR count). The van der Waals surface area contributed by atoms with E-state index in [0.29, 0.717) is 0 Å². The quantitative estimate of drug-likeness (QED) is 0.456. The molecule has 1 atom stereocenters. The molecule has 0 saturated heterocycles. The molecule has 1 aromatic rings. The number of fused-ring (bicyclic) bond motifs is 1. The van der Waals surface area contributed by atoms with E-state index < -0.39 is 0 Å². The first-order valence-corrected chi connectivity index (χ1v) is 5.07. The first-order chi connectivity index (χ1) is 7.35. The van der Waals surface area contributed by atoms with Gasteiger partial charge in [0.05, 0.1) is 12.6 Å². The zero-order valence-electron chi connectivity index (χ0n) is 8.37. The molecule has 1 aromatic carbocycles. The van der Waals surface area contributed by atoms with Crippen LogP contribution in [0.25, 0.3) is 10.4 Å². The lowest BCUT2D eigenvalue weighted by Crippen LogP contribution is -2.22. The van der Waals surface area contributed by atoms with E-state index in [-0.39, 0.29) is 18.6 Å². The van der Waals surface area contributed by atoms with E-state index in [9.17, 15) is 0 Å². The Morgan fingerprint density at radius 2 is 2.00 bits per heavy atom.